The van der Waals surface area contributed by atoms with Crippen LogP contribution in [0.5, 0.6) is 0 Å². The van der Waals surface area contributed by atoms with E-state index in [1.54, 1.807) is 13.0 Å². The summed E-state index contributed by atoms with van der Waals surface area (Å²) in [6, 6.07) is 6.23. The van der Waals surface area contributed by atoms with Gasteiger partial charge in [0.25, 0.3) is 0 Å². The summed E-state index contributed by atoms with van der Waals surface area (Å²) in [5, 5.41) is 15.3. The van der Waals surface area contributed by atoms with Crippen molar-refractivity contribution in [2.45, 2.75) is 25.8 Å². The number of hydrogen-bond donors (Lipinski definition) is 2. The molecule has 7 heteroatoms. The van der Waals surface area contributed by atoms with Crippen LogP contribution in [-0.4, -0.2) is 22.1 Å². The van der Waals surface area contributed by atoms with E-state index in [9.17, 15) is 14.0 Å². The van der Waals surface area contributed by atoms with Gasteiger partial charge in [-0.1, -0.05) is 17.3 Å². The first-order valence-corrected chi connectivity index (χ1v) is 6.63. The van der Waals surface area contributed by atoms with E-state index >= 15 is 0 Å². The zero-order chi connectivity index (χ0) is 16.1. The fourth-order valence-corrected chi connectivity index (χ4v) is 2.03. The van der Waals surface area contributed by atoms with Crippen molar-refractivity contribution < 1.29 is 23.6 Å². The lowest BCUT2D eigenvalue weighted by Crippen LogP contribution is -2.31. The summed E-state index contributed by atoms with van der Waals surface area (Å²) in [6.45, 7) is 1.71. The summed E-state index contributed by atoms with van der Waals surface area (Å²) in [5.74, 6) is -1.29. The first-order valence-electron chi connectivity index (χ1n) is 6.63. The molecule has 1 aromatic heterocycles. The maximum Gasteiger partial charge on any atom is 0.305 e. The molecule has 0 fully saturated rings. The van der Waals surface area contributed by atoms with Crippen LogP contribution < -0.4 is 5.32 Å². The number of rotatable bonds is 6. The summed E-state index contributed by atoms with van der Waals surface area (Å²) < 4.78 is 17.8. The predicted molar refractivity (Wildman–Crippen MR) is 74.5 cm³/mol. The smallest absolute Gasteiger partial charge is 0.305 e. The van der Waals surface area contributed by atoms with Crippen LogP contribution in [0.3, 0.4) is 0 Å². The third-order valence-electron chi connectivity index (χ3n) is 3.00. The first kappa shape index (κ1) is 15.7. The molecule has 0 bridgehead atoms. The highest BCUT2D eigenvalue weighted by Crippen LogP contribution is 2.18. The second-order valence-corrected chi connectivity index (χ2v) is 4.88. The minimum absolute atomic E-state index is 0.0192. The Kier molecular flexibility index (Phi) is 4.88. The van der Waals surface area contributed by atoms with Crippen LogP contribution in [0, 0.1) is 12.7 Å². The van der Waals surface area contributed by atoms with Gasteiger partial charge in [0.05, 0.1) is 24.6 Å². The number of carbonyl (C=O) groups is 2. The second kappa shape index (κ2) is 6.84. The monoisotopic (exact) mass is 306 g/mol. The van der Waals surface area contributed by atoms with E-state index in [4.69, 9.17) is 9.63 Å². The van der Waals surface area contributed by atoms with Gasteiger partial charge in [-0.2, -0.15) is 0 Å². The van der Waals surface area contributed by atoms with Crippen LogP contribution in [-0.2, 0) is 16.0 Å². The summed E-state index contributed by atoms with van der Waals surface area (Å²) in [5.41, 5.74) is 0.983. The highest BCUT2D eigenvalue weighted by atomic mass is 19.1. The maximum atomic E-state index is 12.9. The van der Waals surface area contributed by atoms with Gasteiger partial charge in [0.2, 0.25) is 5.91 Å². The van der Waals surface area contributed by atoms with Gasteiger partial charge in [0, 0.05) is 6.07 Å². The summed E-state index contributed by atoms with van der Waals surface area (Å²) in [7, 11) is 0. The van der Waals surface area contributed by atoms with Crippen molar-refractivity contribution in [3.05, 3.63) is 53.2 Å². The highest BCUT2D eigenvalue weighted by Gasteiger charge is 2.19. The number of aryl methyl sites for hydroxylation is 1. The number of benzene rings is 1. The Balaban J connectivity index is 2.07. The van der Waals surface area contributed by atoms with Gasteiger partial charge >= 0.3 is 5.97 Å². The Bertz CT molecular complexity index is 666. The molecule has 0 saturated carbocycles. The zero-order valence-electron chi connectivity index (χ0n) is 11.9. The van der Waals surface area contributed by atoms with E-state index in [-0.39, 0.29) is 18.7 Å². The zero-order valence-corrected chi connectivity index (χ0v) is 11.9. The minimum atomic E-state index is -1.06. The molecule has 2 rings (SSSR count). The van der Waals surface area contributed by atoms with Crippen molar-refractivity contribution in [3.8, 4) is 0 Å². The molecule has 0 spiro atoms. The van der Waals surface area contributed by atoms with Crippen molar-refractivity contribution in [2.75, 3.05) is 0 Å². The van der Waals surface area contributed by atoms with E-state index in [1.165, 1.54) is 24.3 Å². The minimum Gasteiger partial charge on any atom is -0.481 e. The van der Waals surface area contributed by atoms with Gasteiger partial charge in [-0.05, 0) is 24.6 Å². The molecule has 1 atom stereocenters. The van der Waals surface area contributed by atoms with E-state index in [2.05, 4.69) is 10.5 Å². The molecule has 0 unspecified atom stereocenters. The fourth-order valence-electron chi connectivity index (χ4n) is 2.03. The first-order chi connectivity index (χ1) is 10.4. The molecule has 0 radical (unpaired) electrons. The van der Waals surface area contributed by atoms with Crippen LogP contribution in [0.1, 0.15) is 29.5 Å². The van der Waals surface area contributed by atoms with Crippen LogP contribution in [0.15, 0.2) is 34.9 Å². The van der Waals surface area contributed by atoms with Crippen LogP contribution >= 0.6 is 0 Å². The number of hydrogen-bond acceptors (Lipinski definition) is 4. The Hall–Kier alpha value is -2.70. The standard InChI is InChI=1S/C15H15FN2O4/c1-9-6-12(18-22-9)7-14(19)17-13(8-15(20)21)10-2-4-11(16)5-3-10/h2-6,13H,7-8H2,1H3,(H,17,19)(H,20,21)/t13-/m0/s1. The van der Waals surface area contributed by atoms with E-state index in [0.29, 0.717) is 17.0 Å². The number of aliphatic carboxylic acids is 1. The van der Waals surface area contributed by atoms with Gasteiger partial charge in [-0.3, -0.25) is 9.59 Å². The number of carboxylic acid groups (broad SMARTS) is 1. The normalized spacial score (nSPS) is 11.9. The number of amides is 1. The van der Waals surface area contributed by atoms with Crippen LogP contribution in [0.4, 0.5) is 4.39 Å². The van der Waals surface area contributed by atoms with Gasteiger partial charge in [0.1, 0.15) is 11.6 Å². The number of nitrogens with zero attached hydrogens (tertiary/aromatic N) is 1. The van der Waals surface area contributed by atoms with Gasteiger partial charge in [-0.15, -0.1) is 0 Å². The third-order valence-corrected chi connectivity index (χ3v) is 3.00. The lowest BCUT2D eigenvalue weighted by molar-refractivity contribution is -0.137. The van der Waals surface area contributed by atoms with Crippen molar-refractivity contribution in [3.63, 3.8) is 0 Å². The number of carboxylic acids is 1. The molecule has 0 aliphatic rings. The molecule has 0 aliphatic carbocycles. The molecule has 22 heavy (non-hydrogen) atoms. The van der Waals surface area contributed by atoms with Crippen LogP contribution in [0.2, 0.25) is 0 Å². The molecule has 1 aromatic carbocycles. The Morgan fingerprint density at radius 1 is 1.36 bits per heavy atom. The molecule has 2 N–H and O–H groups in total. The lowest BCUT2D eigenvalue weighted by atomic mass is 10.0. The molecule has 1 amide bonds. The Morgan fingerprint density at radius 3 is 2.59 bits per heavy atom. The average molecular weight is 306 g/mol. The van der Waals surface area contributed by atoms with Gasteiger partial charge < -0.3 is 14.9 Å². The number of nitrogens with one attached hydrogen (secondary N) is 1. The molecular formula is C15H15FN2O4. The summed E-state index contributed by atoms with van der Waals surface area (Å²) in [6.07, 6.45) is -0.316. The SMILES string of the molecule is Cc1cc(CC(=O)N[C@@H](CC(=O)O)c2ccc(F)cc2)no1. The Morgan fingerprint density at radius 2 is 2.05 bits per heavy atom. The highest BCUT2D eigenvalue weighted by molar-refractivity contribution is 5.79. The third kappa shape index (κ3) is 4.41. The van der Waals surface area contributed by atoms with Crippen LogP contribution in [0.25, 0.3) is 0 Å². The Labute approximate surface area is 125 Å². The predicted octanol–water partition coefficient (Wildman–Crippen LogP) is 2.00. The maximum absolute atomic E-state index is 12.9. The van der Waals surface area contributed by atoms with Crippen molar-refractivity contribution in [1.82, 2.24) is 10.5 Å². The lowest BCUT2D eigenvalue weighted by Gasteiger charge is -2.17. The number of halogens is 1. The topological polar surface area (TPSA) is 92.4 Å². The molecular weight excluding hydrogens is 291 g/mol. The van der Waals surface area contributed by atoms with E-state index in [0.717, 1.165) is 0 Å². The second-order valence-electron chi connectivity index (χ2n) is 4.88. The average Bonchev–Trinajstić information content (AvgIpc) is 2.83. The molecule has 0 saturated heterocycles. The molecule has 0 aliphatic heterocycles. The largest absolute Gasteiger partial charge is 0.481 e. The van der Waals surface area contributed by atoms with Gasteiger partial charge in [-0.25, -0.2) is 4.39 Å². The van der Waals surface area contributed by atoms with E-state index in [1.807, 2.05) is 0 Å². The quantitative estimate of drug-likeness (QED) is 0.851. The van der Waals surface area contributed by atoms with Crippen molar-refractivity contribution in [1.29, 1.82) is 0 Å². The number of aromatic nitrogens is 1. The molecule has 2 aromatic rings. The number of carbonyl (C=O) groups excluding carboxylic acids is 1. The molecule has 116 valence electrons. The molecule has 6 nitrogen and oxygen atoms in total. The fraction of sp³-hybridized carbons (Fsp3) is 0.267. The van der Waals surface area contributed by atoms with Gasteiger partial charge in [0.15, 0.2) is 0 Å². The van der Waals surface area contributed by atoms with Crippen molar-refractivity contribution in [2.24, 2.45) is 0 Å². The summed E-state index contributed by atoms with van der Waals surface area (Å²) in [4.78, 5) is 22.9. The molecule has 1 heterocycles. The van der Waals surface area contributed by atoms with E-state index < -0.39 is 17.8 Å². The summed E-state index contributed by atoms with van der Waals surface area (Å²) >= 11 is 0. The van der Waals surface area contributed by atoms with Crippen molar-refractivity contribution >= 4 is 11.9 Å².